The third-order valence-corrected chi connectivity index (χ3v) is 4.97. The fourth-order valence-corrected chi connectivity index (χ4v) is 3.57. The molecule has 0 radical (unpaired) electrons. The number of hydrogen-bond acceptors (Lipinski definition) is 3. The van der Waals surface area contributed by atoms with Crippen LogP contribution in [0.4, 0.5) is 0 Å². The monoisotopic (exact) mass is 268 g/mol. The van der Waals surface area contributed by atoms with E-state index in [4.69, 9.17) is 0 Å². The SMILES string of the molecule is CC(C)N1CCC(CNCC2(O)CCCCCC2)C1. The zero-order chi connectivity index (χ0) is 13.7. The summed E-state index contributed by atoms with van der Waals surface area (Å²) < 4.78 is 0. The van der Waals surface area contributed by atoms with Crippen LogP contribution in [0, 0.1) is 5.92 Å². The van der Waals surface area contributed by atoms with Crippen molar-refractivity contribution in [1.29, 1.82) is 0 Å². The third-order valence-electron chi connectivity index (χ3n) is 4.97. The first-order valence-corrected chi connectivity index (χ1v) is 8.26. The van der Waals surface area contributed by atoms with Crippen molar-refractivity contribution in [3.63, 3.8) is 0 Å². The second-order valence-corrected chi connectivity index (χ2v) is 7.01. The number of aliphatic hydroxyl groups is 1. The van der Waals surface area contributed by atoms with Gasteiger partial charge in [0.1, 0.15) is 0 Å². The number of nitrogens with one attached hydrogen (secondary N) is 1. The molecule has 3 heteroatoms. The summed E-state index contributed by atoms with van der Waals surface area (Å²) in [7, 11) is 0. The molecule has 0 aromatic rings. The van der Waals surface area contributed by atoms with Crippen LogP contribution in [0.1, 0.15) is 58.8 Å². The van der Waals surface area contributed by atoms with E-state index in [0.717, 1.165) is 31.8 Å². The second kappa shape index (κ2) is 7.05. The Balaban J connectivity index is 1.66. The fourth-order valence-electron chi connectivity index (χ4n) is 3.57. The Morgan fingerprint density at radius 1 is 1.21 bits per heavy atom. The molecule has 112 valence electrons. The van der Waals surface area contributed by atoms with Gasteiger partial charge in [-0.15, -0.1) is 0 Å². The lowest BCUT2D eigenvalue weighted by Gasteiger charge is -2.28. The first-order chi connectivity index (χ1) is 9.09. The van der Waals surface area contributed by atoms with E-state index < -0.39 is 5.60 Å². The summed E-state index contributed by atoms with van der Waals surface area (Å²) in [6.45, 7) is 8.90. The van der Waals surface area contributed by atoms with E-state index in [2.05, 4.69) is 24.1 Å². The molecule has 1 aliphatic carbocycles. The molecular weight excluding hydrogens is 236 g/mol. The van der Waals surface area contributed by atoms with Crippen LogP contribution in [0.15, 0.2) is 0 Å². The van der Waals surface area contributed by atoms with Crippen molar-refractivity contribution < 1.29 is 5.11 Å². The lowest BCUT2D eigenvalue weighted by molar-refractivity contribution is 0.0246. The Hall–Kier alpha value is -0.120. The van der Waals surface area contributed by atoms with Gasteiger partial charge in [-0.1, -0.05) is 25.7 Å². The van der Waals surface area contributed by atoms with Gasteiger partial charge >= 0.3 is 0 Å². The van der Waals surface area contributed by atoms with E-state index in [1.807, 2.05) is 0 Å². The topological polar surface area (TPSA) is 35.5 Å². The Bertz CT molecular complexity index is 259. The van der Waals surface area contributed by atoms with Gasteiger partial charge in [-0.25, -0.2) is 0 Å². The average molecular weight is 268 g/mol. The molecule has 2 aliphatic rings. The minimum Gasteiger partial charge on any atom is -0.389 e. The van der Waals surface area contributed by atoms with Gasteiger partial charge in [0.25, 0.3) is 0 Å². The highest BCUT2D eigenvalue weighted by Crippen LogP contribution is 2.26. The minimum atomic E-state index is -0.424. The number of nitrogens with zero attached hydrogens (tertiary/aromatic N) is 1. The van der Waals surface area contributed by atoms with Gasteiger partial charge in [0.05, 0.1) is 5.60 Å². The van der Waals surface area contributed by atoms with Gasteiger partial charge in [-0.2, -0.15) is 0 Å². The van der Waals surface area contributed by atoms with Crippen molar-refractivity contribution >= 4 is 0 Å². The van der Waals surface area contributed by atoms with Crippen molar-refractivity contribution in [2.45, 2.75) is 70.4 Å². The average Bonchev–Trinajstić information content (AvgIpc) is 2.73. The Morgan fingerprint density at radius 2 is 1.89 bits per heavy atom. The molecule has 19 heavy (non-hydrogen) atoms. The quantitative estimate of drug-likeness (QED) is 0.752. The number of likely N-dealkylation sites (tertiary alicyclic amines) is 1. The predicted molar refractivity (Wildman–Crippen MR) is 80.3 cm³/mol. The first kappa shape index (κ1) is 15.3. The Kier molecular flexibility index (Phi) is 5.67. The molecule has 1 heterocycles. The zero-order valence-corrected chi connectivity index (χ0v) is 12.8. The second-order valence-electron chi connectivity index (χ2n) is 7.01. The highest BCUT2D eigenvalue weighted by molar-refractivity contribution is 4.85. The molecule has 0 aromatic carbocycles. The Labute approximate surface area is 118 Å². The molecule has 1 saturated carbocycles. The molecule has 2 rings (SSSR count). The van der Waals surface area contributed by atoms with Gasteiger partial charge in [0.2, 0.25) is 0 Å². The summed E-state index contributed by atoms with van der Waals surface area (Å²) in [5, 5.41) is 14.1. The van der Waals surface area contributed by atoms with Crippen LogP contribution in [0.5, 0.6) is 0 Å². The van der Waals surface area contributed by atoms with Crippen LogP contribution in [-0.2, 0) is 0 Å². The van der Waals surface area contributed by atoms with Gasteiger partial charge in [-0.3, -0.25) is 0 Å². The highest BCUT2D eigenvalue weighted by Gasteiger charge is 2.29. The summed E-state index contributed by atoms with van der Waals surface area (Å²) in [5.41, 5.74) is -0.424. The molecule has 0 amide bonds. The van der Waals surface area contributed by atoms with E-state index in [9.17, 15) is 5.11 Å². The molecule has 1 saturated heterocycles. The van der Waals surface area contributed by atoms with Crippen molar-refractivity contribution in [2.24, 2.45) is 5.92 Å². The van der Waals surface area contributed by atoms with Gasteiger partial charge in [-0.05, 0) is 52.1 Å². The smallest absolute Gasteiger partial charge is 0.0771 e. The van der Waals surface area contributed by atoms with Crippen molar-refractivity contribution in [3.05, 3.63) is 0 Å². The number of hydrogen-bond donors (Lipinski definition) is 2. The zero-order valence-electron chi connectivity index (χ0n) is 12.8. The lowest BCUT2D eigenvalue weighted by Crippen LogP contribution is -2.42. The van der Waals surface area contributed by atoms with Crippen LogP contribution in [-0.4, -0.2) is 47.8 Å². The molecule has 3 nitrogen and oxygen atoms in total. The highest BCUT2D eigenvalue weighted by atomic mass is 16.3. The van der Waals surface area contributed by atoms with Crippen molar-refractivity contribution in [1.82, 2.24) is 10.2 Å². The predicted octanol–water partition coefficient (Wildman–Crippen LogP) is 2.39. The van der Waals surface area contributed by atoms with E-state index in [0.29, 0.717) is 6.04 Å². The van der Waals surface area contributed by atoms with E-state index in [1.165, 1.54) is 45.2 Å². The molecule has 0 aromatic heterocycles. The molecule has 0 spiro atoms. The summed E-state index contributed by atoms with van der Waals surface area (Å²) in [6, 6.07) is 0.677. The summed E-state index contributed by atoms with van der Waals surface area (Å²) in [4.78, 5) is 2.56. The van der Waals surface area contributed by atoms with Crippen LogP contribution >= 0.6 is 0 Å². The maximum absolute atomic E-state index is 10.6. The first-order valence-electron chi connectivity index (χ1n) is 8.26. The maximum atomic E-state index is 10.6. The van der Waals surface area contributed by atoms with Crippen LogP contribution in [0.25, 0.3) is 0 Å². The molecule has 1 aliphatic heterocycles. The van der Waals surface area contributed by atoms with Crippen LogP contribution in [0.3, 0.4) is 0 Å². The van der Waals surface area contributed by atoms with Crippen LogP contribution < -0.4 is 5.32 Å². The normalized spacial score (nSPS) is 28.7. The molecule has 1 atom stereocenters. The van der Waals surface area contributed by atoms with Crippen molar-refractivity contribution in [3.8, 4) is 0 Å². The minimum absolute atomic E-state index is 0.424. The van der Waals surface area contributed by atoms with Crippen molar-refractivity contribution in [2.75, 3.05) is 26.2 Å². The Morgan fingerprint density at radius 3 is 2.47 bits per heavy atom. The summed E-state index contributed by atoms with van der Waals surface area (Å²) in [6.07, 6.45) is 8.28. The lowest BCUT2D eigenvalue weighted by atomic mass is 9.94. The van der Waals surface area contributed by atoms with Gasteiger partial charge in [0.15, 0.2) is 0 Å². The summed E-state index contributed by atoms with van der Waals surface area (Å²) >= 11 is 0. The van der Waals surface area contributed by atoms with E-state index in [-0.39, 0.29) is 0 Å². The van der Waals surface area contributed by atoms with E-state index in [1.54, 1.807) is 0 Å². The van der Waals surface area contributed by atoms with Crippen LogP contribution in [0.2, 0.25) is 0 Å². The van der Waals surface area contributed by atoms with Gasteiger partial charge < -0.3 is 15.3 Å². The van der Waals surface area contributed by atoms with E-state index >= 15 is 0 Å². The number of rotatable bonds is 5. The third kappa shape index (κ3) is 4.73. The molecular formula is C16H32N2O. The fraction of sp³-hybridized carbons (Fsp3) is 1.00. The standard InChI is InChI=1S/C16H32N2O/c1-14(2)18-10-7-15(12-18)11-17-13-16(19)8-5-3-4-6-9-16/h14-15,17,19H,3-13H2,1-2H3. The molecule has 0 bridgehead atoms. The summed E-state index contributed by atoms with van der Waals surface area (Å²) in [5.74, 6) is 0.775. The molecule has 2 fully saturated rings. The molecule has 2 N–H and O–H groups in total. The van der Waals surface area contributed by atoms with Gasteiger partial charge in [0, 0.05) is 19.1 Å². The maximum Gasteiger partial charge on any atom is 0.0771 e. The largest absolute Gasteiger partial charge is 0.389 e. The molecule has 1 unspecified atom stereocenters.